The molecule has 0 spiro atoms. The zero-order valence-electron chi connectivity index (χ0n) is 19.2. The van der Waals surface area contributed by atoms with Crippen LogP contribution in [-0.2, 0) is 30.9 Å². The number of carbonyl (C=O) groups is 3. The van der Waals surface area contributed by atoms with Crippen molar-refractivity contribution in [2.24, 2.45) is 0 Å². The SMILES string of the molecule is CCOC(=O)[C@]12Cc3cc(OC)ccc3[C@H]1N(CCC(=O)OC)C(=O)c1cc(OC)ccc12. The number of hydrogen-bond donors (Lipinski definition) is 0. The number of amides is 1. The lowest BCUT2D eigenvalue weighted by Crippen LogP contribution is -2.55. The van der Waals surface area contributed by atoms with Gasteiger partial charge in [-0.05, 0) is 54.3 Å². The molecule has 0 bridgehead atoms. The van der Waals surface area contributed by atoms with Crippen molar-refractivity contribution in [1.82, 2.24) is 4.90 Å². The lowest BCUT2D eigenvalue weighted by atomic mass is 9.69. The number of benzene rings is 2. The summed E-state index contributed by atoms with van der Waals surface area (Å²) in [4.78, 5) is 40.9. The summed E-state index contributed by atoms with van der Waals surface area (Å²) in [6.07, 6.45) is 0.340. The van der Waals surface area contributed by atoms with E-state index in [1.165, 1.54) is 14.2 Å². The summed E-state index contributed by atoms with van der Waals surface area (Å²) >= 11 is 0. The Morgan fingerprint density at radius 2 is 1.76 bits per heavy atom. The van der Waals surface area contributed by atoms with Gasteiger partial charge in [-0.3, -0.25) is 14.4 Å². The zero-order chi connectivity index (χ0) is 23.8. The second kappa shape index (κ2) is 8.77. The van der Waals surface area contributed by atoms with E-state index in [0.717, 1.165) is 11.1 Å². The van der Waals surface area contributed by atoms with Gasteiger partial charge in [-0.15, -0.1) is 0 Å². The van der Waals surface area contributed by atoms with Crippen molar-refractivity contribution in [3.63, 3.8) is 0 Å². The van der Waals surface area contributed by atoms with E-state index >= 15 is 0 Å². The Balaban J connectivity index is 1.96. The van der Waals surface area contributed by atoms with Gasteiger partial charge in [0.15, 0.2) is 0 Å². The normalized spacial score (nSPS) is 20.4. The number of ether oxygens (including phenoxy) is 4. The monoisotopic (exact) mass is 453 g/mol. The predicted molar refractivity (Wildman–Crippen MR) is 118 cm³/mol. The molecule has 1 amide bonds. The topological polar surface area (TPSA) is 91.4 Å². The first-order chi connectivity index (χ1) is 15.9. The van der Waals surface area contributed by atoms with Crippen molar-refractivity contribution in [3.05, 3.63) is 58.7 Å². The number of carbonyl (C=O) groups excluding carboxylic acids is 3. The fourth-order valence-corrected chi connectivity index (χ4v) is 5.05. The molecule has 0 aromatic heterocycles. The first-order valence-electron chi connectivity index (χ1n) is 10.8. The average Bonchev–Trinajstić information content (AvgIpc) is 3.19. The van der Waals surface area contributed by atoms with Gasteiger partial charge in [0.1, 0.15) is 16.9 Å². The third-order valence-corrected chi connectivity index (χ3v) is 6.52. The van der Waals surface area contributed by atoms with Gasteiger partial charge in [0, 0.05) is 12.1 Å². The standard InChI is InChI=1S/C25H27NO7/c1-5-33-24(29)25-14-15-12-16(30-2)6-8-18(15)22(25)26(11-10-21(27)32-4)23(28)19-13-17(31-3)7-9-20(19)25/h6-9,12-13,22H,5,10-11,14H2,1-4H3/t22-,25+/m1/s1. The Hall–Kier alpha value is -3.55. The molecule has 2 aromatic carbocycles. The summed E-state index contributed by atoms with van der Waals surface area (Å²) < 4.78 is 21.1. The first kappa shape index (κ1) is 22.6. The smallest absolute Gasteiger partial charge is 0.319 e. The highest BCUT2D eigenvalue weighted by Gasteiger charge is 2.61. The summed E-state index contributed by atoms with van der Waals surface area (Å²) in [6.45, 7) is 2.06. The van der Waals surface area contributed by atoms with E-state index in [4.69, 9.17) is 18.9 Å². The average molecular weight is 453 g/mol. The molecule has 0 saturated heterocycles. The number of hydrogen-bond acceptors (Lipinski definition) is 7. The molecular weight excluding hydrogens is 426 g/mol. The van der Waals surface area contributed by atoms with Gasteiger partial charge in [0.25, 0.3) is 5.91 Å². The van der Waals surface area contributed by atoms with Gasteiger partial charge < -0.3 is 23.8 Å². The Kier molecular flexibility index (Phi) is 6.01. The molecule has 1 aliphatic heterocycles. The second-order valence-electron chi connectivity index (χ2n) is 8.07. The zero-order valence-corrected chi connectivity index (χ0v) is 19.2. The molecule has 4 rings (SSSR count). The number of nitrogens with zero attached hydrogens (tertiary/aromatic N) is 1. The predicted octanol–water partition coefficient (Wildman–Crippen LogP) is 2.82. The maximum atomic E-state index is 13.7. The number of fused-ring (bicyclic) bond motifs is 5. The van der Waals surface area contributed by atoms with E-state index in [0.29, 0.717) is 29.0 Å². The Labute approximate surface area is 192 Å². The van der Waals surface area contributed by atoms with Crippen LogP contribution in [0.5, 0.6) is 11.5 Å². The molecule has 1 aliphatic carbocycles. The van der Waals surface area contributed by atoms with E-state index in [9.17, 15) is 14.4 Å². The molecule has 8 nitrogen and oxygen atoms in total. The van der Waals surface area contributed by atoms with Gasteiger partial charge in [0.2, 0.25) is 0 Å². The summed E-state index contributed by atoms with van der Waals surface area (Å²) in [7, 11) is 4.41. The lowest BCUT2D eigenvalue weighted by molar-refractivity contribution is -0.153. The van der Waals surface area contributed by atoms with E-state index in [-0.39, 0.29) is 25.5 Å². The molecule has 0 saturated carbocycles. The van der Waals surface area contributed by atoms with Crippen molar-refractivity contribution >= 4 is 17.8 Å². The highest BCUT2D eigenvalue weighted by molar-refractivity contribution is 6.03. The first-order valence-corrected chi connectivity index (χ1v) is 10.8. The molecule has 2 aromatic rings. The molecule has 174 valence electrons. The van der Waals surface area contributed by atoms with E-state index in [2.05, 4.69) is 0 Å². The van der Waals surface area contributed by atoms with Crippen LogP contribution in [0.1, 0.15) is 46.4 Å². The Bertz CT molecular complexity index is 1110. The third kappa shape index (κ3) is 3.50. The van der Waals surface area contributed by atoms with Crippen LogP contribution in [0.15, 0.2) is 36.4 Å². The maximum absolute atomic E-state index is 13.7. The Morgan fingerprint density at radius 3 is 2.42 bits per heavy atom. The van der Waals surface area contributed by atoms with E-state index in [1.807, 2.05) is 18.2 Å². The molecule has 2 atom stereocenters. The second-order valence-corrected chi connectivity index (χ2v) is 8.07. The fourth-order valence-electron chi connectivity index (χ4n) is 5.05. The fraction of sp³-hybridized carbons (Fsp3) is 0.400. The van der Waals surface area contributed by atoms with Crippen molar-refractivity contribution in [3.8, 4) is 11.5 Å². The van der Waals surface area contributed by atoms with Crippen molar-refractivity contribution in [1.29, 1.82) is 0 Å². The van der Waals surface area contributed by atoms with Crippen molar-refractivity contribution < 1.29 is 33.3 Å². The van der Waals surface area contributed by atoms with E-state index < -0.39 is 23.4 Å². The number of methoxy groups -OCH3 is 3. The van der Waals surface area contributed by atoms with Crippen LogP contribution in [0.2, 0.25) is 0 Å². The van der Waals surface area contributed by atoms with E-state index in [1.54, 1.807) is 37.1 Å². The van der Waals surface area contributed by atoms with Crippen LogP contribution >= 0.6 is 0 Å². The summed E-state index contributed by atoms with van der Waals surface area (Å²) in [5, 5.41) is 0. The van der Waals surface area contributed by atoms with Crippen molar-refractivity contribution in [2.75, 3.05) is 34.5 Å². The molecule has 0 N–H and O–H groups in total. The molecule has 2 aliphatic rings. The highest BCUT2D eigenvalue weighted by Crippen LogP contribution is 2.56. The summed E-state index contributed by atoms with van der Waals surface area (Å²) in [5.74, 6) is 0.0425. The van der Waals surface area contributed by atoms with Gasteiger partial charge in [0.05, 0.1) is 40.4 Å². The van der Waals surface area contributed by atoms with Crippen LogP contribution < -0.4 is 9.47 Å². The van der Waals surface area contributed by atoms with Crippen LogP contribution in [0, 0.1) is 0 Å². The minimum Gasteiger partial charge on any atom is -0.497 e. The minimum absolute atomic E-state index is 0.00242. The number of esters is 2. The molecule has 8 heteroatoms. The molecule has 33 heavy (non-hydrogen) atoms. The highest BCUT2D eigenvalue weighted by atomic mass is 16.5. The summed E-state index contributed by atoms with van der Waals surface area (Å²) in [6, 6.07) is 10.1. The maximum Gasteiger partial charge on any atom is 0.319 e. The summed E-state index contributed by atoms with van der Waals surface area (Å²) in [5.41, 5.74) is 1.54. The molecule has 0 radical (unpaired) electrons. The largest absolute Gasteiger partial charge is 0.497 e. The minimum atomic E-state index is -1.16. The van der Waals surface area contributed by atoms with Gasteiger partial charge in [-0.25, -0.2) is 0 Å². The molecule has 1 heterocycles. The molecular formula is C25H27NO7. The van der Waals surface area contributed by atoms with Gasteiger partial charge in [-0.2, -0.15) is 0 Å². The quantitative estimate of drug-likeness (QED) is 0.596. The molecule has 0 unspecified atom stereocenters. The van der Waals surface area contributed by atoms with Crippen LogP contribution in [0.4, 0.5) is 0 Å². The van der Waals surface area contributed by atoms with Crippen molar-refractivity contribution in [2.45, 2.75) is 31.2 Å². The van der Waals surface area contributed by atoms with Gasteiger partial charge in [-0.1, -0.05) is 12.1 Å². The Morgan fingerprint density at radius 1 is 1.06 bits per heavy atom. The van der Waals surface area contributed by atoms with Crippen LogP contribution in [0.25, 0.3) is 0 Å². The van der Waals surface area contributed by atoms with Crippen LogP contribution in [0.3, 0.4) is 0 Å². The number of rotatable bonds is 7. The molecule has 0 fully saturated rings. The van der Waals surface area contributed by atoms with Crippen LogP contribution in [-0.4, -0.2) is 57.2 Å². The van der Waals surface area contributed by atoms with Gasteiger partial charge >= 0.3 is 11.9 Å². The lowest BCUT2D eigenvalue weighted by Gasteiger charge is -2.45. The third-order valence-electron chi connectivity index (χ3n) is 6.52.